The second-order valence-electron chi connectivity index (χ2n) is 9.32. The molecule has 4 rings (SSSR count). The van der Waals surface area contributed by atoms with Crippen LogP contribution >= 0.6 is 0 Å². The first-order valence-electron chi connectivity index (χ1n) is 11.2. The first kappa shape index (κ1) is 23.2. The van der Waals surface area contributed by atoms with Crippen LogP contribution in [0.4, 0.5) is 0 Å². The van der Waals surface area contributed by atoms with E-state index < -0.39 is 29.5 Å². The van der Waals surface area contributed by atoms with Crippen LogP contribution in [0, 0.1) is 0 Å². The fourth-order valence-electron chi connectivity index (χ4n) is 4.42. The second-order valence-corrected chi connectivity index (χ2v) is 9.32. The van der Waals surface area contributed by atoms with Crippen LogP contribution in [-0.4, -0.2) is 35.3 Å². The molecule has 1 heterocycles. The van der Waals surface area contributed by atoms with Gasteiger partial charge in [-0.15, -0.1) is 0 Å². The van der Waals surface area contributed by atoms with E-state index in [4.69, 9.17) is 4.74 Å². The Labute approximate surface area is 199 Å². The van der Waals surface area contributed by atoms with Crippen molar-refractivity contribution in [3.63, 3.8) is 0 Å². The SMILES string of the molecule is COC(=O)[C@H](c1ccccc1)N1C(=O)c2ccccc2-c2ccccc2[C@H]1C(=O)NC(C)(C)C. The predicted octanol–water partition coefficient (Wildman–Crippen LogP) is 4.68. The van der Waals surface area contributed by atoms with Gasteiger partial charge in [-0.1, -0.05) is 72.8 Å². The van der Waals surface area contributed by atoms with Gasteiger partial charge >= 0.3 is 5.97 Å². The zero-order chi connectivity index (χ0) is 24.5. The number of carbonyl (C=O) groups is 3. The summed E-state index contributed by atoms with van der Waals surface area (Å²) < 4.78 is 5.15. The summed E-state index contributed by atoms with van der Waals surface area (Å²) in [4.78, 5) is 42.6. The molecule has 0 spiro atoms. The van der Waals surface area contributed by atoms with E-state index >= 15 is 0 Å². The molecule has 6 nitrogen and oxygen atoms in total. The third-order valence-electron chi connectivity index (χ3n) is 5.78. The maximum absolute atomic E-state index is 14.2. The minimum atomic E-state index is -1.12. The Morgan fingerprint density at radius 1 is 0.853 bits per heavy atom. The number of fused-ring (bicyclic) bond motifs is 3. The van der Waals surface area contributed by atoms with Crippen LogP contribution in [0.25, 0.3) is 11.1 Å². The standard InChI is InChI=1S/C28H28N2O4/c1-28(2,3)29-25(31)24-21-16-10-8-14-19(21)20-15-9-11-17-22(20)26(32)30(24)23(27(33)34-4)18-12-6-5-7-13-18/h5-17,23-24H,1-4H3,(H,29,31)/t23-,24-/m0/s1. The molecule has 3 aromatic carbocycles. The second kappa shape index (κ2) is 9.14. The van der Waals surface area contributed by atoms with Crippen molar-refractivity contribution in [1.82, 2.24) is 10.2 Å². The summed E-state index contributed by atoms with van der Waals surface area (Å²) in [5.74, 6) is -1.41. The van der Waals surface area contributed by atoms with Gasteiger partial charge in [-0.3, -0.25) is 9.59 Å². The van der Waals surface area contributed by atoms with Crippen LogP contribution in [0.5, 0.6) is 0 Å². The highest BCUT2D eigenvalue weighted by Crippen LogP contribution is 2.42. The molecule has 0 aromatic heterocycles. The number of hydrogen-bond donors (Lipinski definition) is 1. The van der Waals surface area contributed by atoms with E-state index in [2.05, 4.69) is 5.32 Å². The van der Waals surface area contributed by atoms with E-state index in [0.29, 0.717) is 16.7 Å². The summed E-state index contributed by atoms with van der Waals surface area (Å²) in [5.41, 5.74) is 2.58. The van der Waals surface area contributed by atoms with E-state index in [1.807, 2.05) is 63.2 Å². The highest BCUT2D eigenvalue weighted by Gasteiger charge is 2.45. The van der Waals surface area contributed by atoms with Gasteiger partial charge in [0, 0.05) is 11.1 Å². The van der Waals surface area contributed by atoms with Crippen molar-refractivity contribution in [3.05, 3.63) is 95.6 Å². The van der Waals surface area contributed by atoms with E-state index in [1.165, 1.54) is 12.0 Å². The molecule has 0 saturated carbocycles. The lowest BCUT2D eigenvalue weighted by Crippen LogP contribution is -2.51. The summed E-state index contributed by atoms with van der Waals surface area (Å²) in [6.07, 6.45) is 0. The molecule has 1 aliphatic rings. The molecule has 0 unspecified atom stereocenters. The molecule has 0 saturated heterocycles. The van der Waals surface area contributed by atoms with Gasteiger partial charge in [-0.25, -0.2) is 4.79 Å². The van der Waals surface area contributed by atoms with E-state index in [1.54, 1.807) is 36.4 Å². The number of rotatable bonds is 4. The summed E-state index contributed by atoms with van der Waals surface area (Å²) in [6, 6.07) is 21.4. The van der Waals surface area contributed by atoms with Gasteiger partial charge < -0.3 is 15.0 Å². The number of nitrogens with one attached hydrogen (secondary N) is 1. The van der Waals surface area contributed by atoms with Gasteiger partial charge in [-0.2, -0.15) is 0 Å². The molecule has 1 aliphatic heterocycles. The number of nitrogens with zero attached hydrogens (tertiary/aromatic N) is 1. The Hall–Kier alpha value is -3.93. The molecule has 0 fully saturated rings. The van der Waals surface area contributed by atoms with Crippen LogP contribution in [0.15, 0.2) is 78.9 Å². The molecular weight excluding hydrogens is 428 g/mol. The summed E-state index contributed by atoms with van der Waals surface area (Å²) >= 11 is 0. The van der Waals surface area contributed by atoms with Crippen LogP contribution in [0.1, 0.15) is 54.3 Å². The molecule has 0 bridgehead atoms. The maximum Gasteiger partial charge on any atom is 0.333 e. The van der Waals surface area contributed by atoms with Crippen molar-refractivity contribution in [2.75, 3.05) is 7.11 Å². The first-order valence-corrected chi connectivity index (χ1v) is 11.2. The number of methoxy groups -OCH3 is 1. The van der Waals surface area contributed by atoms with Gasteiger partial charge in [0.15, 0.2) is 6.04 Å². The summed E-state index contributed by atoms with van der Waals surface area (Å²) in [5, 5.41) is 3.01. The van der Waals surface area contributed by atoms with E-state index in [0.717, 1.165) is 11.1 Å². The lowest BCUT2D eigenvalue weighted by molar-refractivity contribution is -0.148. The lowest BCUT2D eigenvalue weighted by atomic mass is 9.92. The summed E-state index contributed by atoms with van der Waals surface area (Å²) in [6.45, 7) is 5.64. The Morgan fingerprint density at radius 2 is 1.41 bits per heavy atom. The number of ether oxygens (including phenoxy) is 1. The molecule has 174 valence electrons. The number of hydrogen-bond acceptors (Lipinski definition) is 4. The van der Waals surface area contributed by atoms with E-state index in [-0.39, 0.29) is 5.91 Å². The van der Waals surface area contributed by atoms with Crippen LogP contribution in [0.3, 0.4) is 0 Å². The molecular formula is C28H28N2O4. The zero-order valence-corrected chi connectivity index (χ0v) is 19.7. The quantitative estimate of drug-likeness (QED) is 0.579. The van der Waals surface area contributed by atoms with Crippen molar-refractivity contribution < 1.29 is 19.1 Å². The average molecular weight is 457 g/mol. The zero-order valence-electron chi connectivity index (χ0n) is 19.7. The van der Waals surface area contributed by atoms with Crippen LogP contribution < -0.4 is 5.32 Å². The topological polar surface area (TPSA) is 75.7 Å². The van der Waals surface area contributed by atoms with Gasteiger partial charge in [0.1, 0.15) is 6.04 Å². The fraction of sp³-hybridized carbons (Fsp3) is 0.250. The number of amides is 2. The third-order valence-corrected chi connectivity index (χ3v) is 5.78. The van der Waals surface area contributed by atoms with Crippen molar-refractivity contribution in [3.8, 4) is 11.1 Å². The molecule has 1 N–H and O–H groups in total. The Kier molecular flexibility index (Phi) is 6.24. The highest BCUT2D eigenvalue weighted by molar-refractivity contribution is 6.07. The van der Waals surface area contributed by atoms with Crippen LogP contribution in [-0.2, 0) is 14.3 Å². The smallest absolute Gasteiger partial charge is 0.333 e. The van der Waals surface area contributed by atoms with Gasteiger partial charge in [0.2, 0.25) is 5.91 Å². The lowest BCUT2D eigenvalue weighted by Gasteiger charge is -2.37. The molecule has 2 atom stereocenters. The molecule has 0 radical (unpaired) electrons. The maximum atomic E-state index is 14.2. The minimum absolute atomic E-state index is 0.369. The van der Waals surface area contributed by atoms with Crippen molar-refractivity contribution in [2.45, 2.75) is 38.4 Å². The van der Waals surface area contributed by atoms with Gasteiger partial charge in [0.25, 0.3) is 5.91 Å². The average Bonchev–Trinajstić information content (AvgIpc) is 2.92. The Morgan fingerprint density at radius 3 is 2.03 bits per heavy atom. The van der Waals surface area contributed by atoms with E-state index in [9.17, 15) is 14.4 Å². The monoisotopic (exact) mass is 456 g/mol. The fourth-order valence-corrected chi connectivity index (χ4v) is 4.42. The molecule has 2 amide bonds. The van der Waals surface area contributed by atoms with Crippen LogP contribution in [0.2, 0.25) is 0 Å². The summed E-state index contributed by atoms with van der Waals surface area (Å²) in [7, 11) is 1.28. The molecule has 0 aliphatic carbocycles. The van der Waals surface area contributed by atoms with Crippen molar-refractivity contribution in [1.29, 1.82) is 0 Å². The van der Waals surface area contributed by atoms with Crippen molar-refractivity contribution >= 4 is 17.8 Å². The largest absolute Gasteiger partial charge is 0.467 e. The van der Waals surface area contributed by atoms with Gasteiger partial charge in [-0.05, 0) is 49.1 Å². The normalized spacial score (nSPS) is 16.1. The molecule has 3 aromatic rings. The highest BCUT2D eigenvalue weighted by atomic mass is 16.5. The van der Waals surface area contributed by atoms with Crippen molar-refractivity contribution in [2.24, 2.45) is 0 Å². The number of esters is 1. The molecule has 6 heteroatoms. The first-order chi connectivity index (χ1) is 16.2. The Bertz CT molecular complexity index is 1230. The van der Waals surface area contributed by atoms with Gasteiger partial charge in [0.05, 0.1) is 7.11 Å². The predicted molar refractivity (Wildman–Crippen MR) is 130 cm³/mol. The minimum Gasteiger partial charge on any atom is -0.467 e. The number of carbonyl (C=O) groups excluding carboxylic acids is 3. The Balaban J connectivity index is 2.03. The number of benzene rings is 3. The molecule has 34 heavy (non-hydrogen) atoms. The third kappa shape index (κ3) is 4.31.